The van der Waals surface area contributed by atoms with E-state index >= 15 is 0 Å². The van der Waals surface area contributed by atoms with Gasteiger partial charge in [0.05, 0.1) is 0 Å². The number of rotatable bonds is 3. The van der Waals surface area contributed by atoms with Crippen LogP contribution in [0.4, 0.5) is 0 Å². The molecule has 2 nitrogen and oxygen atoms in total. The molecular formula is C17H25ClN2. The molecule has 0 aliphatic carbocycles. The first-order chi connectivity index (χ1) is 9.81. The minimum atomic E-state index is 0.733. The maximum Gasteiger partial charge on any atom is 0.0406 e. The molecule has 2 fully saturated rings. The van der Waals surface area contributed by atoms with Gasteiger partial charge in [-0.1, -0.05) is 23.7 Å². The highest BCUT2D eigenvalue weighted by atomic mass is 35.5. The van der Waals surface area contributed by atoms with Gasteiger partial charge in [0.1, 0.15) is 0 Å². The largest absolute Gasteiger partial charge is 0.317 e. The second kappa shape index (κ2) is 6.93. The molecule has 1 aromatic carbocycles. The Labute approximate surface area is 127 Å². The van der Waals surface area contributed by atoms with Gasteiger partial charge in [0, 0.05) is 11.6 Å². The van der Waals surface area contributed by atoms with E-state index in [9.17, 15) is 0 Å². The van der Waals surface area contributed by atoms with Crippen molar-refractivity contribution in [3.05, 3.63) is 34.9 Å². The van der Waals surface area contributed by atoms with Gasteiger partial charge in [0.15, 0.2) is 0 Å². The molecular weight excluding hydrogens is 268 g/mol. The number of hydrogen-bond donors (Lipinski definition) is 1. The number of halogens is 1. The SMILES string of the molecule is Clc1ccc(C2CCN(CC3CCNCC3)CC2)cc1. The lowest BCUT2D eigenvalue weighted by atomic mass is 9.88. The van der Waals surface area contributed by atoms with Crippen LogP contribution >= 0.6 is 11.6 Å². The Morgan fingerprint density at radius 1 is 1.00 bits per heavy atom. The smallest absolute Gasteiger partial charge is 0.0406 e. The Hall–Kier alpha value is -0.570. The van der Waals surface area contributed by atoms with Gasteiger partial charge in [0.2, 0.25) is 0 Å². The predicted octanol–water partition coefficient (Wildman–Crippen LogP) is 3.52. The standard InChI is InChI=1S/C17H25ClN2/c18-17-3-1-15(2-4-17)16-7-11-20(12-8-16)13-14-5-9-19-10-6-14/h1-4,14,16,19H,5-13H2. The van der Waals surface area contributed by atoms with Crippen molar-refractivity contribution < 1.29 is 0 Å². The Morgan fingerprint density at radius 3 is 2.30 bits per heavy atom. The van der Waals surface area contributed by atoms with Gasteiger partial charge in [-0.25, -0.2) is 0 Å². The van der Waals surface area contributed by atoms with Crippen molar-refractivity contribution in [3.63, 3.8) is 0 Å². The highest BCUT2D eigenvalue weighted by molar-refractivity contribution is 6.30. The van der Waals surface area contributed by atoms with Crippen LogP contribution in [0.25, 0.3) is 0 Å². The molecule has 0 saturated carbocycles. The highest BCUT2D eigenvalue weighted by Gasteiger charge is 2.23. The summed E-state index contributed by atoms with van der Waals surface area (Å²) in [6, 6.07) is 8.46. The minimum absolute atomic E-state index is 0.733. The first kappa shape index (κ1) is 14.4. The van der Waals surface area contributed by atoms with Crippen LogP contribution in [0.1, 0.15) is 37.2 Å². The van der Waals surface area contributed by atoms with Crippen LogP contribution < -0.4 is 5.32 Å². The third-order valence-electron chi connectivity index (χ3n) is 4.90. The van der Waals surface area contributed by atoms with Gasteiger partial charge >= 0.3 is 0 Å². The molecule has 2 saturated heterocycles. The molecule has 110 valence electrons. The molecule has 3 heteroatoms. The van der Waals surface area contributed by atoms with Crippen molar-refractivity contribution in [2.75, 3.05) is 32.7 Å². The second-order valence-electron chi connectivity index (χ2n) is 6.32. The monoisotopic (exact) mass is 292 g/mol. The molecule has 1 N–H and O–H groups in total. The molecule has 0 unspecified atom stereocenters. The van der Waals surface area contributed by atoms with E-state index in [4.69, 9.17) is 11.6 Å². The van der Waals surface area contributed by atoms with E-state index in [1.807, 2.05) is 12.1 Å². The number of nitrogens with zero attached hydrogens (tertiary/aromatic N) is 1. The fourth-order valence-electron chi connectivity index (χ4n) is 3.61. The zero-order chi connectivity index (χ0) is 13.8. The van der Waals surface area contributed by atoms with Crippen LogP contribution in [0.3, 0.4) is 0 Å². The molecule has 3 rings (SSSR count). The summed E-state index contributed by atoms with van der Waals surface area (Å²) in [5, 5.41) is 4.30. The first-order valence-electron chi connectivity index (χ1n) is 8.00. The zero-order valence-electron chi connectivity index (χ0n) is 12.2. The summed E-state index contributed by atoms with van der Waals surface area (Å²) in [5.41, 5.74) is 1.47. The molecule has 0 atom stereocenters. The van der Waals surface area contributed by atoms with Gasteiger partial charge in [-0.2, -0.15) is 0 Å². The highest BCUT2D eigenvalue weighted by Crippen LogP contribution is 2.29. The van der Waals surface area contributed by atoms with Crippen molar-refractivity contribution >= 4 is 11.6 Å². The third kappa shape index (κ3) is 3.75. The van der Waals surface area contributed by atoms with E-state index in [-0.39, 0.29) is 0 Å². The van der Waals surface area contributed by atoms with Crippen molar-refractivity contribution in [1.82, 2.24) is 10.2 Å². The quantitative estimate of drug-likeness (QED) is 0.917. The summed E-state index contributed by atoms with van der Waals surface area (Å²) in [7, 11) is 0. The molecule has 0 amide bonds. The predicted molar refractivity (Wildman–Crippen MR) is 85.5 cm³/mol. The van der Waals surface area contributed by atoms with Crippen LogP contribution in [0.2, 0.25) is 5.02 Å². The van der Waals surface area contributed by atoms with Crippen molar-refractivity contribution in [3.8, 4) is 0 Å². The molecule has 2 heterocycles. The normalized spacial score (nSPS) is 23.1. The fraction of sp³-hybridized carbons (Fsp3) is 0.647. The maximum atomic E-state index is 5.97. The van der Waals surface area contributed by atoms with Crippen molar-refractivity contribution in [1.29, 1.82) is 0 Å². The van der Waals surface area contributed by atoms with Gasteiger partial charge in [-0.05, 0) is 81.4 Å². The third-order valence-corrected chi connectivity index (χ3v) is 5.16. The molecule has 2 aliphatic heterocycles. The molecule has 0 bridgehead atoms. The minimum Gasteiger partial charge on any atom is -0.317 e. The summed E-state index contributed by atoms with van der Waals surface area (Å²) in [6.07, 6.45) is 5.31. The Morgan fingerprint density at radius 2 is 1.65 bits per heavy atom. The van der Waals surface area contributed by atoms with Gasteiger partial charge in [-0.3, -0.25) is 0 Å². The van der Waals surface area contributed by atoms with E-state index < -0.39 is 0 Å². The molecule has 20 heavy (non-hydrogen) atoms. The summed E-state index contributed by atoms with van der Waals surface area (Å²) < 4.78 is 0. The van der Waals surface area contributed by atoms with E-state index in [0.717, 1.165) is 16.9 Å². The molecule has 0 spiro atoms. The topological polar surface area (TPSA) is 15.3 Å². The average Bonchev–Trinajstić information content (AvgIpc) is 2.50. The Bertz CT molecular complexity index is 404. The first-order valence-corrected chi connectivity index (χ1v) is 8.37. The average molecular weight is 293 g/mol. The fourth-order valence-corrected chi connectivity index (χ4v) is 3.74. The molecule has 0 radical (unpaired) electrons. The van der Waals surface area contributed by atoms with E-state index in [2.05, 4.69) is 22.3 Å². The number of hydrogen-bond acceptors (Lipinski definition) is 2. The second-order valence-corrected chi connectivity index (χ2v) is 6.76. The van der Waals surface area contributed by atoms with E-state index in [0.29, 0.717) is 0 Å². The summed E-state index contributed by atoms with van der Waals surface area (Å²) in [4.78, 5) is 2.68. The van der Waals surface area contributed by atoms with Crippen LogP contribution in [-0.2, 0) is 0 Å². The lowest BCUT2D eigenvalue weighted by Gasteiger charge is -2.35. The lowest BCUT2D eigenvalue weighted by molar-refractivity contribution is 0.167. The van der Waals surface area contributed by atoms with Crippen LogP contribution in [0.5, 0.6) is 0 Å². The number of piperidine rings is 2. The van der Waals surface area contributed by atoms with Crippen LogP contribution in [-0.4, -0.2) is 37.6 Å². The Kier molecular flexibility index (Phi) is 4.98. The molecule has 0 aromatic heterocycles. The van der Waals surface area contributed by atoms with Gasteiger partial charge in [-0.15, -0.1) is 0 Å². The number of benzene rings is 1. The summed E-state index contributed by atoms with van der Waals surface area (Å²) in [5.74, 6) is 1.65. The molecule has 1 aromatic rings. The summed E-state index contributed by atoms with van der Waals surface area (Å²) in [6.45, 7) is 6.27. The lowest BCUT2D eigenvalue weighted by Crippen LogP contribution is -2.39. The maximum absolute atomic E-state index is 5.97. The zero-order valence-corrected chi connectivity index (χ0v) is 12.9. The van der Waals surface area contributed by atoms with Crippen LogP contribution in [0, 0.1) is 5.92 Å². The Balaban J connectivity index is 1.47. The number of nitrogens with one attached hydrogen (secondary N) is 1. The number of likely N-dealkylation sites (tertiary alicyclic amines) is 1. The van der Waals surface area contributed by atoms with Crippen molar-refractivity contribution in [2.24, 2.45) is 5.92 Å². The van der Waals surface area contributed by atoms with Crippen LogP contribution in [0.15, 0.2) is 24.3 Å². The van der Waals surface area contributed by atoms with Crippen molar-refractivity contribution in [2.45, 2.75) is 31.6 Å². The van der Waals surface area contributed by atoms with Gasteiger partial charge in [0.25, 0.3) is 0 Å². The summed E-state index contributed by atoms with van der Waals surface area (Å²) >= 11 is 5.97. The van der Waals surface area contributed by atoms with E-state index in [1.54, 1.807) is 0 Å². The van der Waals surface area contributed by atoms with Gasteiger partial charge < -0.3 is 10.2 Å². The molecule has 2 aliphatic rings. The van der Waals surface area contributed by atoms with E-state index in [1.165, 1.54) is 64.0 Å².